The van der Waals surface area contributed by atoms with Gasteiger partial charge in [0.25, 0.3) is 0 Å². The Morgan fingerprint density at radius 3 is 2.55 bits per heavy atom. The molecule has 0 saturated heterocycles. The second-order valence-electron chi connectivity index (χ2n) is 4.52. The predicted molar refractivity (Wildman–Crippen MR) is 91.6 cm³/mol. The molecule has 0 radical (unpaired) electrons. The average molecular weight is 359 g/mol. The molecule has 0 bridgehead atoms. The first-order chi connectivity index (χ1) is 9.57. The summed E-state index contributed by atoms with van der Waals surface area (Å²) in [7, 11) is 2.17. The monoisotopic (exact) mass is 358 g/mol. The largest absolute Gasteiger partial charge is 0.374 e. The van der Waals surface area contributed by atoms with Crippen molar-refractivity contribution in [3.05, 3.63) is 22.2 Å². The van der Waals surface area contributed by atoms with Gasteiger partial charge in [-0.1, -0.05) is 13.8 Å². The van der Waals surface area contributed by atoms with Gasteiger partial charge in [-0.25, -0.2) is 4.31 Å². The minimum Gasteiger partial charge on any atom is -0.374 e. The zero-order valence-corrected chi connectivity index (χ0v) is 15.1. The summed E-state index contributed by atoms with van der Waals surface area (Å²) in [4.78, 5) is 12.5. The molecule has 0 N–H and O–H groups in total. The minimum atomic E-state index is 0.750. The number of carbonyl (C=O) groups is 1. The van der Waals surface area contributed by atoms with Crippen LogP contribution >= 0.6 is 27.9 Å². The number of carbonyl (C=O) groups excluding carboxylic acids is 1. The molecule has 0 unspecified atom stereocenters. The molecule has 0 saturated carbocycles. The minimum absolute atomic E-state index is 0.750. The molecule has 1 aliphatic heterocycles. The summed E-state index contributed by atoms with van der Waals surface area (Å²) < 4.78 is 3.59. The molecule has 20 heavy (non-hydrogen) atoms. The second kappa shape index (κ2) is 8.70. The van der Waals surface area contributed by atoms with Gasteiger partial charge < -0.3 is 9.69 Å². The molecule has 0 fully saturated rings. The van der Waals surface area contributed by atoms with E-state index in [2.05, 4.69) is 58.2 Å². The van der Waals surface area contributed by atoms with Gasteiger partial charge in [-0.05, 0) is 58.9 Å². The number of hydrogen-bond donors (Lipinski definition) is 0. The van der Waals surface area contributed by atoms with Crippen LogP contribution in [0.5, 0.6) is 0 Å². The van der Waals surface area contributed by atoms with Crippen LogP contribution in [-0.2, 0) is 11.2 Å². The van der Waals surface area contributed by atoms with Gasteiger partial charge >= 0.3 is 0 Å². The number of halogens is 1. The van der Waals surface area contributed by atoms with Crippen molar-refractivity contribution in [2.75, 3.05) is 31.6 Å². The first-order valence-corrected chi connectivity index (χ1v) is 8.50. The van der Waals surface area contributed by atoms with E-state index < -0.39 is 0 Å². The van der Waals surface area contributed by atoms with Crippen molar-refractivity contribution in [1.82, 2.24) is 4.31 Å². The maximum absolute atomic E-state index is 8.81. The third-order valence-electron chi connectivity index (χ3n) is 3.19. The Hall–Kier alpha value is -0.520. The Morgan fingerprint density at radius 1 is 1.40 bits per heavy atom. The fourth-order valence-electron chi connectivity index (χ4n) is 2.11. The Bertz CT molecular complexity index is 450. The lowest BCUT2D eigenvalue weighted by Crippen LogP contribution is -2.14. The maximum Gasteiger partial charge on any atom is 0.116 e. The van der Waals surface area contributed by atoms with Crippen LogP contribution in [0.1, 0.15) is 26.3 Å². The molecule has 0 spiro atoms. The molecular formula is C15H23BrN2OS. The van der Waals surface area contributed by atoms with E-state index in [1.807, 2.05) is 11.9 Å². The van der Waals surface area contributed by atoms with E-state index in [1.165, 1.54) is 34.0 Å². The summed E-state index contributed by atoms with van der Waals surface area (Å²) in [6.45, 7) is 9.12. The SMILES string of the molecule is CC=O.CCN(CC)Sc1cc2c(cc1Br)CCN2C. The van der Waals surface area contributed by atoms with Crippen LogP contribution in [0, 0.1) is 0 Å². The number of anilines is 1. The van der Waals surface area contributed by atoms with Gasteiger partial charge in [0.15, 0.2) is 0 Å². The van der Waals surface area contributed by atoms with Crippen molar-refractivity contribution < 1.29 is 4.79 Å². The Kier molecular flexibility index (Phi) is 7.62. The van der Waals surface area contributed by atoms with Crippen molar-refractivity contribution in [3.8, 4) is 0 Å². The molecule has 0 atom stereocenters. The Balaban J connectivity index is 0.000000612. The van der Waals surface area contributed by atoms with Crippen LogP contribution in [0.4, 0.5) is 5.69 Å². The molecule has 112 valence electrons. The van der Waals surface area contributed by atoms with Gasteiger partial charge in [-0.3, -0.25) is 0 Å². The van der Waals surface area contributed by atoms with Crippen LogP contribution in [0.3, 0.4) is 0 Å². The van der Waals surface area contributed by atoms with E-state index in [9.17, 15) is 0 Å². The lowest BCUT2D eigenvalue weighted by atomic mass is 10.2. The molecule has 0 aromatic heterocycles. The molecular weight excluding hydrogens is 336 g/mol. The molecule has 1 aliphatic rings. The molecule has 0 amide bonds. The summed E-state index contributed by atoms with van der Waals surface area (Å²) in [5.74, 6) is 0. The van der Waals surface area contributed by atoms with E-state index >= 15 is 0 Å². The van der Waals surface area contributed by atoms with Crippen molar-refractivity contribution in [2.24, 2.45) is 0 Å². The predicted octanol–water partition coefficient (Wildman–Crippen LogP) is 4.00. The van der Waals surface area contributed by atoms with E-state index in [1.54, 1.807) is 0 Å². The van der Waals surface area contributed by atoms with Crippen molar-refractivity contribution >= 4 is 39.9 Å². The second-order valence-corrected chi connectivity index (χ2v) is 6.52. The summed E-state index contributed by atoms with van der Waals surface area (Å²) in [5.41, 5.74) is 2.85. The van der Waals surface area contributed by atoms with E-state index in [4.69, 9.17) is 4.79 Å². The topological polar surface area (TPSA) is 23.6 Å². The average Bonchev–Trinajstić information content (AvgIpc) is 2.78. The van der Waals surface area contributed by atoms with Crippen LogP contribution in [0.2, 0.25) is 0 Å². The molecule has 2 rings (SSSR count). The maximum atomic E-state index is 8.81. The molecule has 0 aliphatic carbocycles. The fourth-order valence-corrected chi connectivity index (χ4v) is 3.56. The van der Waals surface area contributed by atoms with Gasteiger partial charge in [0.05, 0.1) is 0 Å². The highest BCUT2D eigenvalue weighted by atomic mass is 79.9. The highest BCUT2D eigenvalue weighted by molar-refractivity contribution is 9.10. The zero-order valence-electron chi connectivity index (χ0n) is 12.6. The normalized spacial score (nSPS) is 13.0. The smallest absolute Gasteiger partial charge is 0.116 e. The lowest BCUT2D eigenvalue weighted by Gasteiger charge is -2.19. The Labute approximate surface area is 135 Å². The first-order valence-electron chi connectivity index (χ1n) is 6.93. The number of benzene rings is 1. The Morgan fingerprint density at radius 2 is 2.00 bits per heavy atom. The van der Waals surface area contributed by atoms with Crippen molar-refractivity contribution in [1.29, 1.82) is 0 Å². The van der Waals surface area contributed by atoms with Gasteiger partial charge in [-0.2, -0.15) is 0 Å². The highest BCUT2D eigenvalue weighted by Crippen LogP contribution is 2.38. The first kappa shape index (κ1) is 17.5. The molecule has 5 heteroatoms. The molecule has 1 heterocycles. The van der Waals surface area contributed by atoms with Crippen LogP contribution in [0.25, 0.3) is 0 Å². The van der Waals surface area contributed by atoms with Crippen LogP contribution < -0.4 is 4.90 Å². The molecule has 1 aromatic carbocycles. The van der Waals surface area contributed by atoms with Gasteiger partial charge in [0.1, 0.15) is 6.29 Å². The number of aldehydes is 1. The number of fused-ring (bicyclic) bond motifs is 1. The van der Waals surface area contributed by atoms with Crippen molar-refractivity contribution in [3.63, 3.8) is 0 Å². The number of hydrogen-bond acceptors (Lipinski definition) is 4. The lowest BCUT2D eigenvalue weighted by molar-refractivity contribution is -0.106. The number of nitrogens with zero attached hydrogens (tertiary/aromatic N) is 2. The van der Waals surface area contributed by atoms with Crippen LogP contribution in [-0.4, -0.2) is 37.3 Å². The van der Waals surface area contributed by atoms with Gasteiger partial charge in [-0.15, -0.1) is 0 Å². The zero-order chi connectivity index (χ0) is 15.1. The third-order valence-corrected chi connectivity index (χ3v) is 5.42. The fraction of sp³-hybridized carbons (Fsp3) is 0.533. The highest BCUT2D eigenvalue weighted by Gasteiger charge is 2.18. The van der Waals surface area contributed by atoms with E-state index in [-0.39, 0.29) is 0 Å². The van der Waals surface area contributed by atoms with Crippen molar-refractivity contribution in [2.45, 2.75) is 32.1 Å². The summed E-state index contributed by atoms with van der Waals surface area (Å²) in [6.07, 6.45) is 1.92. The molecule has 3 nitrogen and oxygen atoms in total. The summed E-state index contributed by atoms with van der Waals surface area (Å²) in [6, 6.07) is 4.60. The number of likely N-dealkylation sites (N-methyl/N-ethyl adjacent to an activating group) is 1. The van der Waals surface area contributed by atoms with Gasteiger partial charge in [0.2, 0.25) is 0 Å². The van der Waals surface area contributed by atoms with Crippen LogP contribution in [0.15, 0.2) is 21.5 Å². The summed E-state index contributed by atoms with van der Waals surface area (Å²) in [5, 5.41) is 0. The summed E-state index contributed by atoms with van der Waals surface area (Å²) >= 11 is 5.53. The molecule has 1 aromatic rings. The quantitative estimate of drug-likeness (QED) is 0.599. The van der Waals surface area contributed by atoms with E-state index in [0.29, 0.717) is 0 Å². The number of rotatable bonds is 4. The van der Waals surface area contributed by atoms with E-state index in [0.717, 1.165) is 25.9 Å². The standard InChI is InChI=1S/C13H19BrN2S.C2H4O/c1-4-16(5-2)17-13-9-12-10(8-11(13)14)6-7-15(12)3;1-2-3/h8-9H,4-7H2,1-3H3;2H,1H3. The third kappa shape index (κ3) is 4.50. The van der Waals surface area contributed by atoms with Gasteiger partial charge in [0, 0.05) is 41.7 Å².